The maximum atomic E-state index is 12.5. The molecule has 8 nitrogen and oxygen atoms in total. The van der Waals surface area contributed by atoms with Crippen molar-refractivity contribution in [2.45, 2.75) is 11.4 Å². The van der Waals surface area contributed by atoms with Crippen molar-refractivity contribution < 1.29 is 15.0 Å². The van der Waals surface area contributed by atoms with Gasteiger partial charge in [0.2, 0.25) is 0 Å². The summed E-state index contributed by atoms with van der Waals surface area (Å²) in [4.78, 5) is 12.4. The summed E-state index contributed by atoms with van der Waals surface area (Å²) in [6, 6.07) is 13.4. The largest absolute Gasteiger partial charge is 0.508 e. The number of phenols is 1. The summed E-state index contributed by atoms with van der Waals surface area (Å²) in [6.45, 7) is 4.07. The minimum absolute atomic E-state index is 0. The molecule has 1 aliphatic heterocycles. The quantitative estimate of drug-likeness (QED) is 0.581. The third-order valence-electron chi connectivity index (χ3n) is 5.14. The maximum Gasteiger partial charge on any atom is 0.263 e. The number of phenolic OH excluding ortho intramolecular Hbond substituents is 1. The summed E-state index contributed by atoms with van der Waals surface area (Å²) in [5.41, 5.74) is 1.96. The van der Waals surface area contributed by atoms with Crippen molar-refractivity contribution in [3.05, 3.63) is 71.6 Å². The van der Waals surface area contributed by atoms with Crippen LogP contribution in [-0.2, 0) is 16.6 Å². The maximum absolute atomic E-state index is 12.5. The zero-order valence-corrected chi connectivity index (χ0v) is 18.2. The van der Waals surface area contributed by atoms with Gasteiger partial charge >= 0.3 is 0 Å². The zero-order valence-electron chi connectivity index (χ0n) is 16.6. The fourth-order valence-corrected chi connectivity index (χ4v) is 4.70. The average molecular weight is 462 g/mol. The molecule has 4 rings (SSSR count). The number of hydrogen-bond acceptors (Lipinski definition) is 7. The van der Waals surface area contributed by atoms with E-state index >= 15 is 0 Å². The summed E-state index contributed by atoms with van der Waals surface area (Å²) in [5, 5.41) is 10.1. The molecule has 1 aliphatic rings. The molecule has 31 heavy (non-hydrogen) atoms. The molecule has 0 spiro atoms. The minimum atomic E-state index is -3.71. The number of nitrogens with zero attached hydrogens (tertiary/aromatic N) is 4. The molecule has 0 unspecified atom stereocenters. The Bertz CT molecular complexity index is 1140. The molecule has 2 aromatic carbocycles. The predicted molar refractivity (Wildman–Crippen MR) is 122 cm³/mol. The van der Waals surface area contributed by atoms with Crippen LogP contribution >= 0.6 is 11.6 Å². The second kappa shape index (κ2) is 9.09. The van der Waals surface area contributed by atoms with Crippen LogP contribution < -0.4 is 9.62 Å². The van der Waals surface area contributed by atoms with Gasteiger partial charge in [0, 0.05) is 51.1 Å². The van der Waals surface area contributed by atoms with Crippen molar-refractivity contribution in [1.29, 1.82) is 0 Å². The summed E-state index contributed by atoms with van der Waals surface area (Å²) in [7, 11) is -3.71. The van der Waals surface area contributed by atoms with Crippen LogP contribution in [0.3, 0.4) is 0 Å². The Labute approximate surface area is 187 Å². The highest BCUT2D eigenvalue weighted by Gasteiger charge is 2.20. The number of aromatic hydroxyl groups is 1. The monoisotopic (exact) mass is 461 g/mol. The van der Waals surface area contributed by atoms with Gasteiger partial charge in [-0.2, -0.15) is 0 Å². The van der Waals surface area contributed by atoms with Gasteiger partial charge in [-0.1, -0.05) is 17.7 Å². The van der Waals surface area contributed by atoms with Crippen molar-refractivity contribution in [3.63, 3.8) is 0 Å². The van der Waals surface area contributed by atoms with E-state index in [0.29, 0.717) is 5.02 Å². The summed E-state index contributed by atoms with van der Waals surface area (Å²) < 4.78 is 27.5. The number of hydrogen-bond donors (Lipinski definition) is 2. The lowest BCUT2D eigenvalue weighted by atomic mass is 10.1. The Morgan fingerprint density at radius 1 is 1.06 bits per heavy atom. The highest BCUT2D eigenvalue weighted by atomic mass is 35.5. The number of sulfonamides is 1. The average Bonchev–Trinajstić information content (AvgIpc) is 2.77. The second-order valence-electron chi connectivity index (χ2n) is 7.23. The third kappa shape index (κ3) is 5.25. The number of rotatable bonds is 6. The lowest BCUT2D eigenvalue weighted by Crippen LogP contribution is -2.46. The van der Waals surface area contributed by atoms with Gasteiger partial charge in [-0.3, -0.25) is 9.62 Å². The normalized spacial score (nSPS) is 15.1. The molecule has 3 aromatic rings. The van der Waals surface area contributed by atoms with E-state index in [1.54, 1.807) is 24.3 Å². The molecule has 10 heteroatoms. The molecular weight excluding hydrogens is 438 g/mol. The first kappa shape index (κ1) is 21.4. The van der Waals surface area contributed by atoms with Crippen LogP contribution in [0.15, 0.2) is 66.0 Å². The van der Waals surface area contributed by atoms with Crippen LogP contribution in [0.5, 0.6) is 5.75 Å². The highest BCUT2D eigenvalue weighted by Crippen LogP contribution is 2.25. The molecule has 0 amide bonds. The van der Waals surface area contributed by atoms with Gasteiger partial charge in [0.1, 0.15) is 17.9 Å². The second-order valence-corrected chi connectivity index (χ2v) is 9.32. The molecule has 0 atom stereocenters. The predicted octanol–water partition coefficient (Wildman–Crippen LogP) is 3.20. The Morgan fingerprint density at radius 2 is 1.81 bits per heavy atom. The van der Waals surface area contributed by atoms with E-state index in [4.69, 9.17) is 11.6 Å². The van der Waals surface area contributed by atoms with Gasteiger partial charge < -0.3 is 10.0 Å². The molecular formula is C21H24ClN5O3S. The molecule has 0 saturated carbocycles. The van der Waals surface area contributed by atoms with E-state index in [0.717, 1.165) is 44.0 Å². The van der Waals surface area contributed by atoms with Gasteiger partial charge in [-0.25, -0.2) is 18.4 Å². The van der Waals surface area contributed by atoms with Crippen molar-refractivity contribution in [1.82, 2.24) is 14.9 Å². The molecule has 0 aliphatic carbocycles. The Hall–Kier alpha value is -2.88. The number of piperazine rings is 1. The van der Waals surface area contributed by atoms with Gasteiger partial charge in [-0.05, 0) is 48.0 Å². The number of aromatic nitrogens is 2. The first-order valence-corrected chi connectivity index (χ1v) is 11.6. The highest BCUT2D eigenvalue weighted by molar-refractivity contribution is 7.92. The van der Waals surface area contributed by atoms with Crippen LogP contribution in [-0.4, -0.2) is 54.6 Å². The van der Waals surface area contributed by atoms with Crippen LogP contribution in [0.4, 0.5) is 11.5 Å². The Balaban J connectivity index is 0.00000289. The standard InChI is InChI=1S/C21H22ClN5O3S.H2/c22-20-13-18(28)4-1-16(20)14-26-9-11-27(12-10-26)17-2-5-19(6-3-17)31(29,30)25-21-7-8-23-15-24-21;/h1-8,13,15,28H,9-12,14H2,(H,23,24,25);1H. The molecule has 2 heterocycles. The number of halogens is 1. The topological polar surface area (TPSA) is 98.7 Å². The minimum Gasteiger partial charge on any atom is -0.508 e. The summed E-state index contributed by atoms with van der Waals surface area (Å²) in [6.07, 6.45) is 2.76. The molecule has 2 N–H and O–H groups in total. The third-order valence-corrected chi connectivity index (χ3v) is 6.86. The summed E-state index contributed by atoms with van der Waals surface area (Å²) >= 11 is 6.22. The van der Waals surface area contributed by atoms with Crippen LogP contribution in [0.1, 0.15) is 6.99 Å². The smallest absolute Gasteiger partial charge is 0.263 e. The fourth-order valence-electron chi connectivity index (χ4n) is 3.45. The first-order chi connectivity index (χ1) is 14.9. The lowest BCUT2D eigenvalue weighted by molar-refractivity contribution is 0.250. The van der Waals surface area contributed by atoms with Crippen LogP contribution in [0.25, 0.3) is 0 Å². The SMILES string of the molecule is O=S(=O)(Nc1ccncn1)c1ccc(N2CCN(Cc3ccc(O)cc3Cl)CC2)cc1.[HH]. The zero-order chi connectivity index (χ0) is 21.8. The molecule has 1 saturated heterocycles. The van der Waals surface area contributed by atoms with E-state index < -0.39 is 10.0 Å². The van der Waals surface area contributed by atoms with E-state index in [1.807, 2.05) is 18.2 Å². The van der Waals surface area contributed by atoms with Gasteiger partial charge in [-0.15, -0.1) is 0 Å². The van der Waals surface area contributed by atoms with Crippen molar-refractivity contribution >= 4 is 33.1 Å². The van der Waals surface area contributed by atoms with Crippen molar-refractivity contribution in [2.75, 3.05) is 35.8 Å². The lowest BCUT2D eigenvalue weighted by Gasteiger charge is -2.36. The fraction of sp³-hybridized carbons (Fsp3) is 0.238. The molecule has 0 bridgehead atoms. The Morgan fingerprint density at radius 3 is 2.45 bits per heavy atom. The van der Waals surface area contributed by atoms with E-state index in [9.17, 15) is 13.5 Å². The molecule has 1 fully saturated rings. The van der Waals surface area contributed by atoms with Gasteiger partial charge in [0.15, 0.2) is 0 Å². The van der Waals surface area contributed by atoms with E-state index in [-0.39, 0.29) is 17.9 Å². The van der Waals surface area contributed by atoms with E-state index in [2.05, 4.69) is 24.5 Å². The molecule has 1 aromatic heterocycles. The van der Waals surface area contributed by atoms with Crippen LogP contribution in [0.2, 0.25) is 5.02 Å². The van der Waals surface area contributed by atoms with Crippen LogP contribution in [0, 0.1) is 0 Å². The van der Waals surface area contributed by atoms with Crippen molar-refractivity contribution in [2.24, 2.45) is 0 Å². The Kier molecular flexibility index (Phi) is 6.26. The summed E-state index contributed by atoms with van der Waals surface area (Å²) in [5.74, 6) is 0.389. The van der Waals surface area contributed by atoms with E-state index in [1.165, 1.54) is 18.6 Å². The van der Waals surface area contributed by atoms with Gasteiger partial charge in [0.25, 0.3) is 10.0 Å². The number of anilines is 2. The van der Waals surface area contributed by atoms with Crippen molar-refractivity contribution in [3.8, 4) is 5.75 Å². The first-order valence-electron chi connectivity index (χ1n) is 9.74. The number of benzene rings is 2. The molecule has 164 valence electrons. The van der Waals surface area contributed by atoms with Gasteiger partial charge in [0.05, 0.1) is 4.90 Å². The number of nitrogens with one attached hydrogen (secondary N) is 1. The molecule has 0 radical (unpaired) electrons.